The molecular formula is C14H18. The molecule has 1 aromatic rings. The molecule has 0 aromatic heterocycles. The van der Waals surface area contributed by atoms with Crippen LogP contribution in [0.5, 0.6) is 0 Å². The molecule has 0 amide bonds. The second-order valence-corrected chi connectivity index (χ2v) is 4.35. The Labute approximate surface area is 86.7 Å². The summed E-state index contributed by atoms with van der Waals surface area (Å²) in [4.78, 5) is 0. The summed E-state index contributed by atoms with van der Waals surface area (Å²) >= 11 is 0. The number of hydrogen-bond donors (Lipinski definition) is 0. The van der Waals surface area contributed by atoms with E-state index in [1.807, 2.05) is 0 Å². The zero-order valence-corrected chi connectivity index (χ0v) is 9.14. The zero-order valence-electron chi connectivity index (χ0n) is 9.14. The number of hydrogen-bond acceptors (Lipinski definition) is 0. The van der Waals surface area contributed by atoms with Crippen molar-refractivity contribution in [1.29, 1.82) is 0 Å². The van der Waals surface area contributed by atoms with E-state index in [-0.39, 0.29) is 0 Å². The van der Waals surface area contributed by atoms with E-state index < -0.39 is 0 Å². The van der Waals surface area contributed by atoms with Crippen LogP contribution in [-0.2, 0) is 6.42 Å². The first-order valence-corrected chi connectivity index (χ1v) is 5.50. The Kier molecular flexibility index (Phi) is 2.72. The highest BCUT2D eigenvalue weighted by molar-refractivity contribution is 5.32. The minimum Gasteiger partial charge on any atom is -0.0850 e. The monoisotopic (exact) mass is 186 g/mol. The van der Waals surface area contributed by atoms with Crippen LogP contribution in [0.4, 0.5) is 0 Å². The van der Waals surface area contributed by atoms with E-state index in [0.29, 0.717) is 0 Å². The van der Waals surface area contributed by atoms with Gasteiger partial charge in [0, 0.05) is 0 Å². The van der Waals surface area contributed by atoms with Crippen LogP contribution in [0.2, 0.25) is 0 Å². The third-order valence-corrected chi connectivity index (χ3v) is 3.14. The van der Waals surface area contributed by atoms with Crippen molar-refractivity contribution >= 4 is 0 Å². The Hall–Kier alpha value is -1.04. The van der Waals surface area contributed by atoms with Gasteiger partial charge in [0.15, 0.2) is 0 Å². The van der Waals surface area contributed by atoms with Gasteiger partial charge in [-0.15, -0.1) is 0 Å². The van der Waals surface area contributed by atoms with Gasteiger partial charge in [0.1, 0.15) is 0 Å². The summed E-state index contributed by atoms with van der Waals surface area (Å²) in [5, 5.41) is 0. The van der Waals surface area contributed by atoms with Gasteiger partial charge in [-0.1, -0.05) is 29.8 Å². The average Bonchev–Trinajstić information content (AvgIpc) is 2.64. The summed E-state index contributed by atoms with van der Waals surface area (Å²) in [6.07, 6.45) is 7.55. The SMILES string of the molecule is Cc1ccc(CC2=CCCC2)cc1C. The molecule has 0 nitrogen and oxygen atoms in total. The van der Waals surface area contributed by atoms with Crippen molar-refractivity contribution in [3.05, 3.63) is 46.5 Å². The molecule has 1 aliphatic carbocycles. The van der Waals surface area contributed by atoms with Crippen molar-refractivity contribution in [1.82, 2.24) is 0 Å². The standard InChI is InChI=1S/C14H18/c1-11-7-8-14(9-12(11)2)10-13-5-3-4-6-13/h5,7-9H,3-4,6,10H2,1-2H3. The van der Waals surface area contributed by atoms with Crippen LogP contribution in [0.15, 0.2) is 29.8 Å². The third-order valence-electron chi connectivity index (χ3n) is 3.14. The lowest BCUT2D eigenvalue weighted by molar-refractivity contribution is 0.887. The van der Waals surface area contributed by atoms with Crippen LogP contribution < -0.4 is 0 Å². The average molecular weight is 186 g/mol. The number of allylic oxidation sites excluding steroid dienone is 2. The maximum Gasteiger partial charge on any atom is -0.00670 e. The largest absolute Gasteiger partial charge is 0.0850 e. The predicted octanol–water partition coefficient (Wildman–Crippen LogP) is 3.96. The van der Waals surface area contributed by atoms with Crippen molar-refractivity contribution in [3.8, 4) is 0 Å². The highest BCUT2D eigenvalue weighted by atomic mass is 14.1. The lowest BCUT2D eigenvalue weighted by atomic mass is 10.0. The van der Waals surface area contributed by atoms with E-state index in [1.165, 1.54) is 42.4 Å². The minimum absolute atomic E-state index is 1.17. The summed E-state index contributed by atoms with van der Waals surface area (Å²) in [7, 11) is 0. The molecular weight excluding hydrogens is 168 g/mol. The van der Waals surface area contributed by atoms with Gasteiger partial charge in [0.05, 0.1) is 0 Å². The van der Waals surface area contributed by atoms with Crippen molar-refractivity contribution in [2.24, 2.45) is 0 Å². The highest BCUT2D eigenvalue weighted by Crippen LogP contribution is 2.22. The molecule has 0 spiro atoms. The Balaban J connectivity index is 2.13. The fraction of sp³-hybridized carbons (Fsp3) is 0.429. The molecule has 0 aliphatic heterocycles. The summed E-state index contributed by atoms with van der Waals surface area (Å²) in [6.45, 7) is 4.37. The van der Waals surface area contributed by atoms with E-state index >= 15 is 0 Å². The molecule has 74 valence electrons. The molecule has 0 unspecified atom stereocenters. The first-order chi connectivity index (χ1) is 6.75. The van der Waals surface area contributed by atoms with E-state index in [4.69, 9.17) is 0 Å². The van der Waals surface area contributed by atoms with Gasteiger partial charge in [-0.25, -0.2) is 0 Å². The molecule has 2 rings (SSSR count). The molecule has 1 aromatic carbocycles. The quantitative estimate of drug-likeness (QED) is 0.613. The molecule has 0 heterocycles. The van der Waals surface area contributed by atoms with Gasteiger partial charge in [-0.05, 0) is 56.2 Å². The predicted molar refractivity (Wildman–Crippen MR) is 61.6 cm³/mol. The van der Waals surface area contributed by atoms with Crippen LogP contribution in [0, 0.1) is 13.8 Å². The highest BCUT2D eigenvalue weighted by Gasteiger charge is 2.05. The second kappa shape index (κ2) is 4.00. The Morgan fingerprint density at radius 3 is 2.64 bits per heavy atom. The van der Waals surface area contributed by atoms with Gasteiger partial charge < -0.3 is 0 Å². The molecule has 0 bridgehead atoms. The number of aryl methyl sites for hydroxylation is 2. The Morgan fingerprint density at radius 1 is 1.14 bits per heavy atom. The smallest absolute Gasteiger partial charge is 0.00670 e. The maximum absolute atomic E-state index is 2.41. The van der Waals surface area contributed by atoms with Crippen LogP contribution in [0.3, 0.4) is 0 Å². The van der Waals surface area contributed by atoms with Crippen molar-refractivity contribution in [2.75, 3.05) is 0 Å². The second-order valence-electron chi connectivity index (χ2n) is 4.35. The number of rotatable bonds is 2. The minimum atomic E-state index is 1.17. The first kappa shape index (κ1) is 9.51. The molecule has 0 fully saturated rings. The van der Waals surface area contributed by atoms with Gasteiger partial charge >= 0.3 is 0 Å². The van der Waals surface area contributed by atoms with Crippen LogP contribution in [0.1, 0.15) is 36.0 Å². The molecule has 0 saturated carbocycles. The fourth-order valence-electron chi connectivity index (χ4n) is 2.07. The van der Waals surface area contributed by atoms with Crippen molar-refractivity contribution < 1.29 is 0 Å². The maximum atomic E-state index is 2.41. The summed E-state index contributed by atoms with van der Waals surface area (Å²) in [5.41, 5.74) is 5.92. The lowest BCUT2D eigenvalue weighted by Crippen LogP contribution is -1.90. The summed E-state index contributed by atoms with van der Waals surface area (Å²) < 4.78 is 0. The molecule has 14 heavy (non-hydrogen) atoms. The van der Waals surface area contributed by atoms with Gasteiger partial charge in [0.2, 0.25) is 0 Å². The van der Waals surface area contributed by atoms with Gasteiger partial charge in [-0.3, -0.25) is 0 Å². The van der Waals surface area contributed by atoms with Gasteiger partial charge in [-0.2, -0.15) is 0 Å². The molecule has 0 atom stereocenters. The lowest BCUT2D eigenvalue weighted by Gasteiger charge is -2.05. The van der Waals surface area contributed by atoms with E-state index in [0.717, 1.165) is 0 Å². The zero-order chi connectivity index (χ0) is 9.97. The van der Waals surface area contributed by atoms with E-state index in [1.54, 1.807) is 5.57 Å². The van der Waals surface area contributed by atoms with E-state index in [9.17, 15) is 0 Å². The van der Waals surface area contributed by atoms with Crippen LogP contribution in [0.25, 0.3) is 0 Å². The molecule has 0 N–H and O–H groups in total. The molecule has 0 radical (unpaired) electrons. The first-order valence-electron chi connectivity index (χ1n) is 5.50. The normalized spacial score (nSPS) is 15.7. The molecule has 0 heteroatoms. The van der Waals surface area contributed by atoms with Crippen molar-refractivity contribution in [3.63, 3.8) is 0 Å². The Bertz CT molecular complexity index is 358. The molecule has 1 aliphatic rings. The summed E-state index contributed by atoms with van der Waals surface area (Å²) in [6, 6.07) is 6.83. The number of benzene rings is 1. The summed E-state index contributed by atoms with van der Waals surface area (Å²) in [5.74, 6) is 0. The topological polar surface area (TPSA) is 0 Å². The van der Waals surface area contributed by atoms with Crippen LogP contribution >= 0.6 is 0 Å². The van der Waals surface area contributed by atoms with Crippen molar-refractivity contribution in [2.45, 2.75) is 39.5 Å². The Morgan fingerprint density at radius 2 is 2.00 bits per heavy atom. The van der Waals surface area contributed by atoms with E-state index in [2.05, 4.69) is 38.1 Å². The fourth-order valence-corrected chi connectivity index (χ4v) is 2.07. The third kappa shape index (κ3) is 2.06. The molecule has 0 saturated heterocycles. The van der Waals surface area contributed by atoms with Gasteiger partial charge in [0.25, 0.3) is 0 Å². The van der Waals surface area contributed by atoms with Crippen LogP contribution in [-0.4, -0.2) is 0 Å².